The molecule has 0 atom stereocenters. The average molecular weight is 287 g/mol. The molecule has 0 unspecified atom stereocenters. The molecule has 2 aromatic rings. The van der Waals surface area contributed by atoms with Gasteiger partial charge < -0.3 is 11.1 Å². The van der Waals surface area contributed by atoms with Crippen molar-refractivity contribution in [3.8, 4) is 0 Å². The summed E-state index contributed by atoms with van der Waals surface area (Å²) in [6.45, 7) is 0.822. The zero-order valence-corrected chi connectivity index (χ0v) is 11.4. The summed E-state index contributed by atoms with van der Waals surface area (Å²) in [7, 11) is 0. The van der Waals surface area contributed by atoms with Crippen LogP contribution in [0.3, 0.4) is 0 Å². The molecule has 0 spiro atoms. The van der Waals surface area contributed by atoms with Gasteiger partial charge in [0.15, 0.2) is 0 Å². The third-order valence-electron chi connectivity index (χ3n) is 2.33. The number of nitrogen functional groups attached to an aromatic ring is 1. The van der Waals surface area contributed by atoms with Gasteiger partial charge in [-0.1, -0.05) is 23.2 Å². The van der Waals surface area contributed by atoms with Gasteiger partial charge in [0, 0.05) is 16.4 Å². The Morgan fingerprint density at radius 3 is 2.65 bits per heavy atom. The van der Waals surface area contributed by atoms with Crippen LogP contribution in [0.2, 0.25) is 9.36 Å². The van der Waals surface area contributed by atoms with E-state index in [1.165, 1.54) is 4.88 Å². The maximum atomic E-state index is 5.86. The predicted molar refractivity (Wildman–Crippen MR) is 77.4 cm³/mol. The molecule has 3 N–H and O–H groups in total. The Bertz CT molecular complexity index is 511. The first-order chi connectivity index (χ1) is 8.15. The first kappa shape index (κ1) is 12.6. The van der Waals surface area contributed by atoms with Gasteiger partial charge in [-0.3, -0.25) is 0 Å². The van der Waals surface area contributed by atoms with Crippen LogP contribution in [0.25, 0.3) is 0 Å². The largest absolute Gasteiger partial charge is 0.397 e. The van der Waals surface area contributed by atoms with E-state index >= 15 is 0 Å². The molecule has 0 aliphatic carbocycles. The molecule has 0 amide bonds. The Morgan fingerprint density at radius 1 is 1.18 bits per heavy atom. The van der Waals surface area contributed by atoms with Crippen LogP contribution in [0.4, 0.5) is 11.4 Å². The van der Waals surface area contributed by atoms with Gasteiger partial charge in [0.2, 0.25) is 0 Å². The van der Waals surface area contributed by atoms with Crippen LogP contribution in [-0.2, 0) is 6.42 Å². The zero-order chi connectivity index (χ0) is 12.3. The van der Waals surface area contributed by atoms with Gasteiger partial charge in [-0.2, -0.15) is 0 Å². The van der Waals surface area contributed by atoms with Crippen LogP contribution in [0.1, 0.15) is 4.88 Å². The number of nitrogens with two attached hydrogens (primary N) is 1. The lowest BCUT2D eigenvalue weighted by molar-refractivity contribution is 1.05. The maximum Gasteiger partial charge on any atom is 0.0931 e. The molecule has 5 heteroatoms. The molecule has 0 saturated heterocycles. The zero-order valence-electron chi connectivity index (χ0n) is 9.04. The van der Waals surface area contributed by atoms with Crippen molar-refractivity contribution in [2.75, 3.05) is 17.6 Å². The number of anilines is 2. The van der Waals surface area contributed by atoms with Crippen LogP contribution in [0, 0.1) is 0 Å². The first-order valence-corrected chi connectivity index (χ1v) is 6.75. The van der Waals surface area contributed by atoms with Crippen molar-refractivity contribution < 1.29 is 0 Å². The number of hydrogen-bond donors (Lipinski definition) is 2. The smallest absolute Gasteiger partial charge is 0.0931 e. The van der Waals surface area contributed by atoms with Crippen LogP contribution in [0.15, 0.2) is 30.3 Å². The second-order valence-electron chi connectivity index (χ2n) is 3.61. The van der Waals surface area contributed by atoms with Crippen molar-refractivity contribution >= 4 is 45.9 Å². The summed E-state index contributed by atoms with van der Waals surface area (Å²) in [5.74, 6) is 0. The van der Waals surface area contributed by atoms with Gasteiger partial charge in [-0.15, -0.1) is 11.3 Å². The van der Waals surface area contributed by atoms with Crippen molar-refractivity contribution in [3.05, 3.63) is 44.6 Å². The second kappa shape index (κ2) is 5.63. The van der Waals surface area contributed by atoms with E-state index in [4.69, 9.17) is 28.9 Å². The van der Waals surface area contributed by atoms with Crippen LogP contribution in [-0.4, -0.2) is 6.54 Å². The number of halogens is 2. The Labute approximate surface area is 114 Å². The SMILES string of the molecule is Nc1cc(Cl)ccc1NCCc1ccc(Cl)s1. The molecule has 17 heavy (non-hydrogen) atoms. The second-order valence-corrected chi connectivity index (χ2v) is 5.85. The number of benzene rings is 1. The highest BCUT2D eigenvalue weighted by atomic mass is 35.5. The number of hydrogen-bond acceptors (Lipinski definition) is 3. The van der Waals surface area contributed by atoms with Gasteiger partial charge >= 0.3 is 0 Å². The highest BCUT2D eigenvalue weighted by molar-refractivity contribution is 7.16. The summed E-state index contributed by atoms with van der Waals surface area (Å²) >= 11 is 13.3. The van der Waals surface area contributed by atoms with E-state index in [0.717, 1.165) is 23.0 Å². The molecule has 0 aliphatic rings. The Balaban J connectivity index is 1.90. The van der Waals surface area contributed by atoms with Gasteiger partial charge in [0.25, 0.3) is 0 Å². The fourth-order valence-electron chi connectivity index (χ4n) is 1.50. The topological polar surface area (TPSA) is 38.0 Å². The highest BCUT2D eigenvalue weighted by Gasteiger charge is 2.01. The summed E-state index contributed by atoms with van der Waals surface area (Å²) in [4.78, 5) is 1.26. The molecular formula is C12H12Cl2N2S. The summed E-state index contributed by atoms with van der Waals surface area (Å²) in [6.07, 6.45) is 0.930. The third-order valence-corrected chi connectivity index (χ3v) is 3.86. The van der Waals surface area contributed by atoms with Crippen molar-refractivity contribution in [2.24, 2.45) is 0 Å². The molecule has 90 valence electrons. The van der Waals surface area contributed by atoms with E-state index < -0.39 is 0 Å². The molecule has 0 aliphatic heterocycles. The van der Waals surface area contributed by atoms with Gasteiger partial charge in [0.05, 0.1) is 15.7 Å². The molecule has 1 heterocycles. The molecule has 0 fully saturated rings. The van der Waals surface area contributed by atoms with E-state index in [9.17, 15) is 0 Å². The van der Waals surface area contributed by atoms with Crippen LogP contribution < -0.4 is 11.1 Å². The number of rotatable bonds is 4. The van der Waals surface area contributed by atoms with Gasteiger partial charge in [0.1, 0.15) is 0 Å². The minimum Gasteiger partial charge on any atom is -0.397 e. The Kier molecular flexibility index (Phi) is 4.15. The Hall–Kier alpha value is -0.900. The van der Waals surface area contributed by atoms with E-state index in [0.29, 0.717) is 10.7 Å². The molecular weight excluding hydrogens is 275 g/mol. The number of nitrogens with one attached hydrogen (secondary N) is 1. The van der Waals surface area contributed by atoms with Gasteiger partial charge in [-0.05, 0) is 36.8 Å². The standard InChI is InChI=1S/C12H12Cl2N2S/c13-8-1-3-11(10(15)7-8)16-6-5-9-2-4-12(14)17-9/h1-4,7,16H,5-6,15H2. The van der Waals surface area contributed by atoms with Gasteiger partial charge in [-0.25, -0.2) is 0 Å². The third kappa shape index (κ3) is 3.53. The van der Waals surface area contributed by atoms with Crippen molar-refractivity contribution in [1.82, 2.24) is 0 Å². The van der Waals surface area contributed by atoms with Crippen LogP contribution in [0.5, 0.6) is 0 Å². The lowest BCUT2D eigenvalue weighted by Gasteiger charge is -2.08. The van der Waals surface area contributed by atoms with Crippen LogP contribution >= 0.6 is 34.5 Å². The first-order valence-electron chi connectivity index (χ1n) is 5.18. The van der Waals surface area contributed by atoms with E-state index in [1.54, 1.807) is 17.4 Å². The monoisotopic (exact) mass is 286 g/mol. The Morgan fingerprint density at radius 2 is 2.00 bits per heavy atom. The van der Waals surface area contributed by atoms with E-state index in [-0.39, 0.29) is 0 Å². The highest BCUT2D eigenvalue weighted by Crippen LogP contribution is 2.24. The molecule has 0 bridgehead atoms. The molecule has 2 rings (SSSR count). The van der Waals surface area contributed by atoms with Crippen molar-refractivity contribution in [1.29, 1.82) is 0 Å². The minimum absolute atomic E-state index is 0.651. The maximum absolute atomic E-state index is 5.86. The fraction of sp³-hybridized carbons (Fsp3) is 0.167. The summed E-state index contributed by atoms with van der Waals surface area (Å²) in [6, 6.07) is 9.41. The van der Waals surface area contributed by atoms with E-state index in [2.05, 4.69) is 5.32 Å². The molecule has 1 aromatic heterocycles. The summed E-state index contributed by atoms with van der Waals surface area (Å²) < 4.78 is 0.825. The number of thiophene rings is 1. The normalized spacial score (nSPS) is 10.5. The average Bonchev–Trinajstić information content (AvgIpc) is 2.68. The lowest BCUT2D eigenvalue weighted by atomic mass is 10.2. The van der Waals surface area contributed by atoms with Crippen molar-refractivity contribution in [2.45, 2.75) is 6.42 Å². The summed E-state index contributed by atoms with van der Waals surface area (Å²) in [5, 5.41) is 3.93. The molecule has 2 nitrogen and oxygen atoms in total. The lowest BCUT2D eigenvalue weighted by Crippen LogP contribution is -2.05. The van der Waals surface area contributed by atoms with E-state index in [1.807, 2.05) is 24.3 Å². The molecule has 0 radical (unpaired) electrons. The molecule has 1 aromatic carbocycles. The fourth-order valence-corrected chi connectivity index (χ4v) is 2.77. The molecule has 0 saturated carbocycles. The summed E-state index contributed by atoms with van der Waals surface area (Å²) in [5.41, 5.74) is 7.42. The predicted octanol–water partition coefficient (Wildman–Crippen LogP) is 4.29. The van der Waals surface area contributed by atoms with Crippen molar-refractivity contribution in [3.63, 3.8) is 0 Å². The quantitative estimate of drug-likeness (QED) is 0.823. The minimum atomic E-state index is 0.651.